The monoisotopic (exact) mass is 431 g/mol. The van der Waals surface area contributed by atoms with Gasteiger partial charge in [0.25, 0.3) is 0 Å². The van der Waals surface area contributed by atoms with Crippen molar-refractivity contribution in [2.75, 3.05) is 26.7 Å². The number of aromatic nitrogens is 3. The van der Waals surface area contributed by atoms with E-state index >= 15 is 0 Å². The van der Waals surface area contributed by atoms with Gasteiger partial charge in [-0.2, -0.15) is 0 Å². The van der Waals surface area contributed by atoms with Crippen LogP contribution in [0.4, 0.5) is 0 Å². The molecule has 9 heteroatoms. The van der Waals surface area contributed by atoms with E-state index in [0.717, 1.165) is 47.4 Å². The summed E-state index contributed by atoms with van der Waals surface area (Å²) >= 11 is 0. The Balaban J connectivity index is 0.00000196. The van der Waals surface area contributed by atoms with E-state index in [2.05, 4.69) is 18.9 Å². The van der Waals surface area contributed by atoms with Crippen molar-refractivity contribution in [2.24, 2.45) is 18.2 Å². The standard InChI is InChI=1S/C19H29N5O2.2ClH/c1-12-14(6-7-15(25)24-9-8-19(3,10-20)11-24)13(2)21-17-16(12)18(26-5)22-23(17)4;;/h6-11,20H2,1-5H3;2*1H. The van der Waals surface area contributed by atoms with Crippen molar-refractivity contribution in [1.82, 2.24) is 19.7 Å². The second-order valence-corrected chi connectivity index (χ2v) is 7.71. The molecule has 1 unspecified atom stereocenters. The molecule has 3 heterocycles. The number of carbonyl (C=O) groups is 1. The normalized spacial score (nSPS) is 18.7. The largest absolute Gasteiger partial charge is 0.479 e. The number of aryl methyl sites for hydroxylation is 3. The third-order valence-corrected chi connectivity index (χ3v) is 5.71. The maximum Gasteiger partial charge on any atom is 0.242 e. The predicted octanol–water partition coefficient (Wildman–Crippen LogP) is 2.57. The van der Waals surface area contributed by atoms with Crippen molar-refractivity contribution in [3.63, 3.8) is 0 Å². The first-order valence-corrected chi connectivity index (χ1v) is 9.14. The van der Waals surface area contributed by atoms with Gasteiger partial charge in [0.1, 0.15) is 0 Å². The fraction of sp³-hybridized carbons (Fsp3) is 0.632. The minimum absolute atomic E-state index is 0. The molecule has 0 radical (unpaired) electrons. The number of likely N-dealkylation sites (tertiary alicyclic amines) is 1. The van der Waals surface area contributed by atoms with Crippen molar-refractivity contribution in [3.8, 4) is 5.88 Å². The van der Waals surface area contributed by atoms with Crippen LogP contribution in [0.25, 0.3) is 11.0 Å². The molecule has 0 saturated carbocycles. The van der Waals surface area contributed by atoms with Crippen LogP contribution in [-0.4, -0.2) is 52.3 Å². The van der Waals surface area contributed by atoms with E-state index in [9.17, 15) is 4.79 Å². The highest BCUT2D eigenvalue weighted by molar-refractivity contribution is 5.86. The highest BCUT2D eigenvalue weighted by Crippen LogP contribution is 2.32. The van der Waals surface area contributed by atoms with Crippen LogP contribution in [0, 0.1) is 19.3 Å². The maximum atomic E-state index is 12.7. The van der Waals surface area contributed by atoms with Gasteiger partial charge in [-0.1, -0.05) is 6.92 Å². The van der Waals surface area contributed by atoms with E-state index < -0.39 is 0 Å². The molecule has 1 aliphatic rings. The van der Waals surface area contributed by atoms with Gasteiger partial charge < -0.3 is 15.4 Å². The van der Waals surface area contributed by atoms with Gasteiger partial charge in [-0.25, -0.2) is 9.67 Å². The van der Waals surface area contributed by atoms with Gasteiger partial charge in [0.05, 0.1) is 12.5 Å². The molecule has 28 heavy (non-hydrogen) atoms. The molecule has 2 aromatic rings. The topological polar surface area (TPSA) is 86.3 Å². The van der Waals surface area contributed by atoms with E-state index in [1.54, 1.807) is 11.8 Å². The third kappa shape index (κ3) is 4.36. The van der Waals surface area contributed by atoms with Crippen LogP contribution in [0.2, 0.25) is 0 Å². The number of pyridine rings is 1. The minimum atomic E-state index is 0. The summed E-state index contributed by atoms with van der Waals surface area (Å²) in [5.41, 5.74) is 9.87. The summed E-state index contributed by atoms with van der Waals surface area (Å²) in [6.07, 6.45) is 2.14. The molecule has 1 amide bonds. The van der Waals surface area contributed by atoms with Gasteiger partial charge in [-0.05, 0) is 49.8 Å². The average molecular weight is 432 g/mol. The van der Waals surface area contributed by atoms with Crippen molar-refractivity contribution in [2.45, 2.75) is 40.0 Å². The van der Waals surface area contributed by atoms with Crippen LogP contribution in [-0.2, 0) is 18.3 Å². The number of hydrogen-bond acceptors (Lipinski definition) is 5. The molecule has 158 valence electrons. The molecule has 0 aliphatic carbocycles. The Morgan fingerprint density at radius 3 is 2.57 bits per heavy atom. The molecule has 2 N–H and O–H groups in total. The number of nitrogens with two attached hydrogens (primary N) is 1. The van der Waals surface area contributed by atoms with Crippen molar-refractivity contribution in [3.05, 3.63) is 16.8 Å². The molecule has 1 saturated heterocycles. The average Bonchev–Trinajstić information content (AvgIpc) is 3.16. The number of rotatable bonds is 5. The Bertz CT molecular complexity index is 855. The lowest BCUT2D eigenvalue weighted by Gasteiger charge is -2.22. The van der Waals surface area contributed by atoms with Crippen LogP contribution in [0.1, 0.15) is 36.6 Å². The Labute approximate surface area is 178 Å². The van der Waals surface area contributed by atoms with E-state index in [4.69, 9.17) is 15.5 Å². The lowest BCUT2D eigenvalue weighted by molar-refractivity contribution is -0.130. The number of hydrogen-bond donors (Lipinski definition) is 1. The van der Waals surface area contributed by atoms with E-state index in [-0.39, 0.29) is 36.1 Å². The van der Waals surface area contributed by atoms with E-state index in [1.165, 1.54) is 0 Å². The second kappa shape index (κ2) is 9.29. The molecule has 1 aliphatic heterocycles. The molecule has 0 bridgehead atoms. The number of amides is 1. The van der Waals surface area contributed by atoms with Crippen LogP contribution in [0.5, 0.6) is 5.88 Å². The van der Waals surface area contributed by atoms with E-state index in [0.29, 0.717) is 25.3 Å². The van der Waals surface area contributed by atoms with Gasteiger partial charge in [0, 0.05) is 32.3 Å². The lowest BCUT2D eigenvalue weighted by Crippen LogP contribution is -2.34. The molecule has 1 fully saturated rings. The zero-order chi connectivity index (χ0) is 19.1. The zero-order valence-electron chi connectivity index (χ0n) is 17.2. The lowest BCUT2D eigenvalue weighted by atomic mass is 9.90. The first-order valence-electron chi connectivity index (χ1n) is 9.14. The quantitative estimate of drug-likeness (QED) is 0.785. The Morgan fingerprint density at radius 1 is 1.32 bits per heavy atom. The fourth-order valence-electron chi connectivity index (χ4n) is 3.90. The highest BCUT2D eigenvalue weighted by atomic mass is 35.5. The molecule has 0 aromatic carbocycles. The number of methoxy groups -OCH3 is 1. The fourth-order valence-corrected chi connectivity index (χ4v) is 3.90. The van der Waals surface area contributed by atoms with Gasteiger partial charge in [0.15, 0.2) is 5.65 Å². The number of halogens is 2. The van der Waals surface area contributed by atoms with Crippen molar-refractivity contribution < 1.29 is 9.53 Å². The van der Waals surface area contributed by atoms with Crippen LogP contribution < -0.4 is 10.5 Å². The zero-order valence-corrected chi connectivity index (χ0v) is 18.9. The SMILES string of the molecule is COc1nn(C)c2nc(C)c(CCC(=O)N3CCC(C)(CN)C3)c(C)c12.Cl.Cl. The Kier molecular flexibility index (Phi) is 8.11. The molecule has 2 aromatic heterocycles. The predicted molar refractivity (Wildman–Crippen MR) is 116 cm³/mol. The van der Waals surface area contributed by atoms with Gasteiger partial charge in [0.2, 0.25) is 11.8 Å². The van der Waals surface area contributed by atoms with Crippen molar-refractivity contribution >= 4 is 41.8 Å². The van der Waals surface area contributed by atoms with Crippen LogP contribution >= 0.6 is 24.8 Å². The second-order valence-electron chi connectivity index (χ2n) is 7.71. The highest BCUT2D eigenvalue weighted by Gasteiger charge is 2.34. The Morgan fingerprint density at radius 2 is 2.00 bits per heavy atom. The summed E-state index contributed by atoms with van der Waals surface area (Å²) in [6.45, 7) is 8.39. The Hall–Kier alpha value is -1.57. The third-order valence-electron chi connectivity index (χ3n) is 5.71. The molecular formula is C19H31Cl2N5O2. The number of fused-ring (bicyclic) bond motifs is 1. The maximum absolute atomic E-state index is 12.7. The number of carbonyl (C=O) groups excluding carboxylic acids is 1. The van der Waals surface area contributed by atoms with Gasteiger partial charge in [-0.15, -0.1) is 29.9 Å². The number of nitrogens with zero attached hydrogens (tertiary/aromatic N) is 4. The summed E-state index contributed by atoms with van der Waals surface area (Å²) in [4.78, 5) is 19.3. The summed E-state index contributed by atoms with van der Waals surface area (Å²) in [5.74, 6) is 0.776. The smallest absolute Gasteiger partial charge is 0.242 e. The van der Waals surface area contributed by atoms with Gasteiger partial charge >= 0.3 is 0 Å². The molecule has 7 nitrogen and oxygen atoms in total. The number of ether oxygens (including phenoxy) is 1. The summed E-state index contributed by atoms with van der Waals surface area (Å²) in [6, 6.07) is 0. The summed E-state index contributed by atoms with van der Waals surface area (Å²) in [7, 11) is 3.48. The summed E-state index contributed by atoms with van der Waals surface area (Å²) in [5, 5.41) is 5.31. The molecule has 1 atom stereocenters. The van der Waals surface area contributed by atoms with E-state index in [1.807, 2.05) is 18.9 Å². The first kappa shape index (κ1) is 24.5. The van der Waals surface area contributed by atoms with Gasteiger partial charge in [-0.3, -0.25) is 4.79 Å². The molecular weight excluding hydrogens is 401 g/mol. The van der Waals surface area contributed by atoms with Crippen LogP contribution in [0.3, 0.4) is 0 Å². The van der Waals surface area contributed by atoms with Crippen LogP contribution in [0.15, 0.2) is 0 Å². The molecule has 0 spiro atoms. The minimum Gasteiger partial charge on any atom is -0.479 e. The summed E-state index contributed by atoms with van der Waals surface area (Å²) < 4.78 is 7.14. The van der Waals surface area contributed by atoms with Crippen molar-refractivity contribution in [1.29, 1.82) is 0 Å². The molecule has 3 rings (SSSR count). The first-order chi connectivity index (χ1) is 12.3.